The van der Waals surface area contributed by atoms with E-state index < -0.39 is 30.6 Å². The molecule has 0 bridgehead atoms. The van der Waals surface area contributed by atoms with Crippen molar-refractivity contribution in [3.8, 4) is 0 Å². The Balaban J connectivity index is 2.03. The molecular formula is C22H33N3O5S. The van der Waals surface area contributed by atoms with Gasteiger partial charge in [-0.3, -0.25) is 24.6 Å². The average Bonchev–Trinajstić information content (AvgIpc) is 2.89. The van der Waals surface area contributed by atoms with E-state index in [4.69, 9.17) is 10.5 Å². The van der Waals surface area contributed by atoms with Crippen molar-refractivity contribution >= 4 is 35.3 Å². The van der Waals surface area contributed by atoms with Crippen LogP contribution in [0.3, 0.4) is 0 Å². The quantitative estimate of drug-likeness (QED) is 0.309. The van der Waals surface area contributed by atoms with Crippen LogP contribution in [0.2, 0.25) is 0 Å². The van der Waals surface area contributed by atoms with Crippen molar-refractivity contribution in [3.63, 3.8) is 0 Å². The molecule has 0 aromatic heterocycles. The highest BCUT2D eigenvalue weighted by Gasteiger charge is 2.34. The second-order valence-electron chi connectivity index (χ2n) is 7.59. The number of methoxy groups -OCH3 is 1. The van der Waals surface area contributed by atoms with Crippen LogP contribution in [0.1, 0.15) is 44.9 Å². The number of nitrogens with zero attached hydrogens (tertiary/aromatic N) is 1. The van der Waals surface area contributed by atoms with E-state index in [0.29, 0.717) is 24.4 Å². The van der Waals surface area contributed by atoms with Crippen molar-refractivity contribution in [2.24, 2.45) is 5.73 Å². The Labute approximate surface area is 187 Å². The molecule has 1 aromatic carbocycles. The maximum atomic E-state index is 13.2. The Hall–Kier alpha value is -2.10. The van der Waals surface area contributed by atoms with E-state index in [1.165, 1.54) is 23.8 Å². The molecule has 172 valence electrons. The SMILES string of the molecule is COC(=O)[C@@H](CCCCCCCCN)NC1CSc2ccccc2N(CC(=O)O)C1=O. The fourth-order valence-corrected chi connectivity index (χ4v) is 4.71. The molecule has 9 heteroatoms. The zero-order valence-electron chi connectivity index (χ0n) is 18.0. The van der Waals surface area contributed by atoms with Crippen molar-refractivity contribution in [1.29, 1.82) is 0 Å². The summed E-state index contributed by atoms with van der Waals surface area (Å²) in [5, 5.41) is 12.5. The van der Waals surface area contributed by atoms with Crippen LogP contribution in [0.15, 0.2) is 29.2 Å². The minimum Gasteiger partial charge on any atom is -0.480 e. The molecule has 0 saturated carbocycles. The highest BCUT2D eigenvalue weighted by Crippen LogP contribution is 2.34. The highest BCUT2D eigenvalue weighted by atomic mass is 32.2. The lowest BCUT2D eigenvalue weighted by Gasteiger charge is -2.26. The fourth-order valence-electron chi connectivity index (χ4n) is 3.63. The summed E-state index contributed by atoms with van der Waals surface area (Å²) in [5.74, 6) is -1.45. The highest BCUT2D eigenvalue weighted by molar-refractivity contribution is 7.99. The fraction of sp³-hybridized carbons (Fsp3) is 0.591. The Morgan fingerprint density at radius 3 is 2.58 bits per heavy atom. The van der Waals surface area contributed by atoms with Gasteiger partial charge in [0.15, 0.2) is 0 Å². The lowest BCUT2D eigenvalue weighted by molar-refractivity contribution is -0.144. The number of carboxylic acids is 1. The molecule has 0 spiro atoms. The zero-order chi connectivity index (χ0) is 22.6. The minimum atomic E-state index is -1.09. The summed E-state index contributed by atoms with van der Waals surface area (Å²) in [4.78, 5) is 39.0. The van der Waals surface area contributed by atoms with Gasteiger partial charge in [0.1, 0.15) is 12.6 Å². The van der Waals surface area contributed by atoms with Gasteiger partial charge in [0.25, 0.3) is 0 Å². The van der Waals surface area contributed by atoms with Crippen LogP contribution in [-0.4, -0.2) is 61.0 Å². The number of carboxylic acid groups (broad SMARTS) is 1. The zero-order valence-corrected chi connectivity index (χ0v) is 18.9. The lowest BCUT2D eigenvalue weighted by atomic mass is 10.0. The maximum absolute atomic E-state index is 13.2. The van der Waals surface area contributed by atoms with E-state index in [0.717, 1.165) is 43.4 Å². The second-order valence-corrected chi connectivity index (χ2v) is 8.65. The molecule has 2 atom stereocenters. The molecule has 1 aromatic rings. The third kappa shape index (κ3) is 7.83. The van der Waals surface area contributed by atoms with Crippen LogP contribution >= 0.6 is 11.8 Å². The molecule has 8 nitrogen and oxygen atoms in total. The number of rotatable bonds is 13. The van der Waals surface area contributed by atoms with E-state index in [1.807, 2.05) is 12.1 Å². The van der Waals surface area contributed by atoms with E-state index >= 15 is 0 Å². The van der Waals surface area contributed by atoms with Gasteiger partial charge in [-0.25, -0.2) is 0 Å². The van der Waals surface area contributed by atoms with Crippen LogP contribution in [0.25, 0.3) is 0 Å². The normalized spacial score (nSPS) is 17.0. The molecular weight excluding hydrogens is 418 g/mol. The molecule has 31 heavy (non-hydrogen) atoms. The number of carbonyl (C=O) groups excluding carboxylic acids is 2. The number of hydrogen-bond donors (Lipinski definition) is 3. The number of amides is 1. The number of hydrogen-bond acceptors (Lipinski definition) is 7. The number of thioether (sulfide) groups is 1. The van der Waals surface area contributed by atoms with Gasteiger partial charge in [-0.1, -0.05) is 44.2 Å². The van der Waals surface area contributed by atoms with Crippen molar-refractivity contribution in [2.75, 3.05) is 30.9 Å². The van der Waals surface area contributed by atoms with Gasteiger partial charge >= 0.3 is 11.9 Å². The summed E-state index contributed by atoms with van der Waals surface area (Å²) in [6.07, 6.45) is 6.73. The van der Waals surface area contributed by atoms with Crippen LogP contribution in [0, 0.1) is 0 Å². The van der Waals surface area contributed by atoms with Crippen LogP contribution in [0.5, 0.6) is 0 Å². The lowest BCUT2D eigenvalue weighted by Crippen LogP contribution is -2.54. The Morgan fingerprint density at radius 2 is 1.90 bits per heavy atom. The Bertz CT molecular complexity index is 746. The molecule has 1 aliphatic heterocycles. The van der Waals surface area contributed by atoms with Gasteiger partial charge in [0.2, 0.25) is 5.91 Å². The minimum absolute atomic E-state index is 0.351. The largest absolute Gasteiger partial charge is 0.480 e. The number of carbonyl (C=O) groups is 3. The van der Waals surface area contributed by atoms with Gasteiger partial charge in [0, 0.05) is 10.6 Å². The third-order valence-electron chi connectivity index (χ3n) is 5.25. The van der Waals surface area contributed by atoms with E-state index in [1.54, 1.807) is 12.1 Å². The van der Waals surface area contributed by atoms with Gasteiger partial charge in [-0.05, 0) is 31.5 Å². The molecule has 0 fully saturated rings. The van der Waals surface area contributed by atoms with Crippen LogP contribution < -0.4 is 16.0 Å². The number of para-hydroxylation sites is 1. The first-order valence-electron chi connectivity index (χ1n) is 10.8. The number of ether oxygens (including phenoxy) is 1. The molecule has 4 N–H and O–H groups in total. The number of aliphatic carboxylic acids is 1. The van der Waals surface area contributed by atoms with Crippen LogP contribution in [0.4, 0.5) is 5.69 Å². The van der Waals surface area contributed by atoms with Crippen molar-refractivity contribution in [2.45, 2.75) is 61.9 Å². The molecule has 1 aliphatic rings. The smallest absolute Gasteiger partial charge is 0.323 e. The first-order valence-corrected chi connectivity index (χ1v) is 11.8. The summed E-state index contributed by atoms with van der Waals surface area (Å²) in [5.41, 5.74) is 6.09. The molecule has 0 saturated heterocycles. The number of nitrogens with two attached hydrogens (primary N) is 1. The number of fused-ring (bicyclic) bond motifs is 1. The first kappa shape index (κ1) is 25.2. The molecule has 1 heterocycles. The predicted octanol–water partition coefficient (Wildman–Crippen LogP) is 2.40. The summed E-state index contributed by atoms with van der Waals surface area (Å²) < 4.78 is 4.94. The van der Waals surface area contributed by atoms with Crippen molar-refractivity contribution in [3.05, 3.63) is 24.3 Å². The van der Waals surface area contributed by atoms with Crippen molar-refractivity contribution in [1.82, 2.24) is 5.32 Å². The molecule has 1 amide bonds. The molecule has 1 unspecified atom stereocenters. The number of benzene rings is 1. The summed E-state index contributed by atoms with van der Waals surface area (Å²) in [6.45, 7) is 0.283. The maximum Gasteiger partial charge on any atom is 0.323 e. The topological polar surface area (TPSA) is 122 Å². The number of esters is 1. The van der Waals surface area contributed by atoms with Gasteiger partial charge in [0.05, 0.1) is 18.8 Å². The second kappa shape index (κ2) is 13.3. The summed E-state index contributed by atoms with van der Waals surface area (Å²) in [7, 11) is 1.33. The van der Waals surface area contributed by atoms with E-state index in [9.17, 15) is 19.5 Å². The Kier molecular flexibility index (Phi) is 10.8. The Morgan fingerprint density at radius 1 is 1.23 bits per heavy atom. The molecule has 0 aliphatic carbocycles. The monoisotopic (exact) mass is 451 g/mol. The van der Waals surface area contributed by atoms with Gasteiger partial charge in [-0.15, -0.1) is 11.8 Å². The number of nitrogens with one attached hydrogen (secondary N) is 1. The van der Waals surface area contributed by atoms with Crippen LogP contribution in [-0.2, 0) is 19.1 Å². The van der Waals surface area contributed by atoms with Gasteiger partial charge in [-0.2, -0.15) is 0 Å². The predicted molar refractivity (Wildman–Crippen MR) is 121 cm³/mol. The van der Waals surface area contributed by atoms with E-state index in [-0.39, 0.29) is 5.91 Å². The van der Waals surface area contributed by atoms with Gasteiger partial charge < -0.3 is 15.6 Å². The standard InChI is InChI=1S/C22H33N3O5S/c1-30-22(29)16(10-6-4-2-3-5-9-13-23)24-17-15-31-19-12-8-7-11-18(19)25(21(17)28)14-20(26)27/h7-8,11-12,16-17,24H,2-6,9-10,13-15,23H2,1H3,(H,26,27)/t16-,17?/m1/s1. The molecule has 2 rings (SSSR count). The number of anilines is 1. The van der Waals surface area contributed by atoms with E-state index in [2.05, 4.69) is 5.32 Å². The molecule has 0 radical (unpaired) electrons. The average molecular weight is 452 g/mol. The van der Waals surface area contributed by atoms with Crippen molar-refractivity contribution < 1.29 is 24.2 Å². The summed E-state index contributed by atoms with van der Waals surface area (Å²) >= 11 is 1.47. The summed E-state index contributed by atoms with van der Waals surface area (Å²) in [6, 6.07) is 5.94. The number of unbranched alkanes of at least 4 members (excludes halogenated alkanes) is 5. The first-order chi connectivity index (χ1) is 15.0. The third-order valence-corrected chi connectivity index (χ3v) is 6.41.